The second kappa shape index (κ2) is 5.19. The van der Waals surface area contributed by atoms with Crippen molar-refractivity contribution in [2.45, 2.75) is 32.6 Å². The van der Waals surface area contributed by atoms with Gasteiger partial charge in [0.2, 0.25) is 5.95 Å². The monoisotopic (exact) mass is 291 g/mol. The summed E-state index contributed by atoms with van der Waals surface area (Å²) in [6.07, 6.45) is 3.07. The highest BCUT2D eigenvalue weighted by Crippen LogP contribution is 2.16. The summed E-state index contributed by atoms with van der Waals surface area (Å²) >= 11 is 0. The minimum Gasteiger partial charge on any atom is -0.481 e. The minimum absolute atomic E-state index is 0.189. The molecule has 2 aromatic rings. The summed E-state index contributed by atoms with van der Waals surface area (Å²) in [4.78, 5) is 33.9. The van der Waals surface area contributed by atoms with Crippen LogP contribution in [0, 0.1) is 6.92 Å². The lowest BCUT2D eigenvalue weighted by Crippen LogP contribution is -2.30. The van der Waals surface area contributed by atoms with Gasteiger partial charge in [0, 0.05) is 13.1 Å². The van der Waals surface area contributed by atoms with Crippen LogP contribution in [0.4, 0.5) is 5.95 Å². The van der Waals surface area contributed by atoms with Crippen LogP contribution in [0.3, 0.4) is 0 Å². The van der Waals surface area contributed by atoms with Crippen LogP contribution in [0.2, 0.25) is 0 Å². The molecule has 2 N–H and O–H groups in total. The number of anilines is 1. The van der Waals surface area contributed by atoms with E-state index in [0.29, 0.717) is 11.6 Å². The van der Waals surface area contributed by atoms with Crippen LogP contribution in [0.5, 0.6) is 0 Å². The van der Waals surface area contributed by atoms with Crippen LogP contribution in [0.15, 0.2) is 4.79 Å². The SMILES string of the molecule is Cc1nc2nc(N3CCCCC3)[nH]n2c(=O)c1CC(=O)O. The number of nitrogens with zero attached hydrogens (tertiary/aromatic N) is 4. The molecule has 1 fully saturated rings. The molecule has 0 atom stereocenters. The van der Waals surface area contributed by atoms with Crippen molar-refractivity contribution in [3.8, 4) is 0 Å². The molecule has 1 aliphatic rings. The van der Waals surface area contributed by atoms with Crippen LogP contribution in [0.1, 0.15) is 30.5 Å². The fourth-order valence-corrected chi connectivity index (χ4v) is 2.65. The number of carboxylic acid groups (broad SMARTS) is 1. The van der Waals surface area contributed by atoms with Gasteiger partial charge in [-0.2, -0.15) is 9.50 Å². The van der Waals surface area contributed by atoms with Crippen molar-refractivity contribution in [3.63, 3.8) is 0 Å². The molecule has 0 saturated carbocycles. The molecule has 8 heteroatoms. The number of H-pyrrole nitrogens is 1. The molecule has 0 unspecified atom stereocenters. The van der Waals surface area contributed by atoms with E-state index < -0.39 is 11.5 Å². The number of carboxylic acids is 1. The van der Waals surface area contributed by atoms with Gasteiger partial charge in [0.05, 0.1) is 17.7 Å². The number of fused-ring (bicyclic) bond motifs is 1. The van der Waals surface area contributed by atoms with Gasteiger partial charge in [-0.15, -0.1) is 0 Å². The van der Waals surface area contributed by atoms with Gasteiger partial charge in [-0.05, 0) is 26.2 Å². The number of aliphatic carboxylic acids is 1. The van der Waals surface area contributed by atoms with E-state index in [1.807, 2.05) is 0 Å². The van der Waals surface area contributed by atoms with Gasteiger partial charge in [0.15, 0.2) is 0 Å². The van der Waals surface area contributed by atoms with E-state index in [0.717, 1.165) is 25.9 Å². The Morgan fingerprint density at radius 2 is 2.00 bits per heavy atom. The molecule has 8 nitrogen and oxygen atoms in total. The Morgan fingerprint density at radius 1 is 1.29 bits per heavy atom. The van der Waals surface area contributed by atoms with E-state index in [9.17, 15) is 9.59 Å². The smallest absolute Gasteiger partial charge is 0.308 e. The number of aromatic nitrogens is 4. The average molecular weight is 291 g/mol. The topological polar surface area (TPSA) is 104 Å². The van der Waals surface area contributed by atoms with Gasteiger partial charge in [0.1, 0.15) is 0 Å². The molecule has 0 amide bonds. The second-order valence-electron chi connectivity index (χ2n) is 5.28. The predicted molar refractivity (Wildman–Crippen MR) is 75.7 cm³/mol. The standard InChI is InChI=1S/C13H17N5O3/c1-8-9(7-10(19)20)11(21)18-12(14-8)15-13(16-18)17-5-3-2-4-6-17/h2-7H2,1H3,(H,19,20)(H,14,15,16). The molecular formula is C13H17N5O3. The van der Waals surface area contributed by atoms with Crippen LogP contribution in [-0.2, 0) is 11.2 Å². The number of hydrogen-bond acceptors (Lipinski definition) is 5. The zero-order valence-electron chi connectivity index (χ0n) is 11.8. The molecule has 0 spiro atoms. The molecular weight excluding hydrogens is 274 g/mol. The van der Waals surface area contributed by atoms with Crippen LogP contribution >= 0.6 is 0 Å². The van der Waals surface area contributed by atoms with Gasteiger partial charge in [-0.25, -0.2) is 4.98 Å². The predicted octanol–water partition coefficient (Wildman–Crippen LogP) is 0.343. The summed E-state index contributed by atoms with van der Waals surface area (Å²) in [5.74, 6) is -0.147. The highest BCUT2D eigenvalue weighted by molar-refractivity contribution is 5.70. The van der Waals surface area contributed by atoms with Crippen molar-refractivity contribution in [1.29, 1.82) is 0 Å². The molecule has 1 saturated heterocycles. The van der Waals surface area contributed by atoms with E-state index >= 15 is 0 Å². The first-order valence-electron chi connectivity index (χ1n) is 7.01. The first kappa shape index (κ1) is 13.6. The van der Waals surface area contributed by atoms with Gasteiger partial charge in [-0.1, -0.05) is 0 Å². The molecule has 3 rings (SSSR count). The van der Waals surface area contributed by atoms with Crippen molar-refractivity contribution < 1.29 is 9.90 Å². The van der Waals surface area contributed by atoms with Crippen LogP contribution in [0.25, 0.3) is 5.78 Å². The zero-order valence-corrected chi connectivity index (χ0v) is 11.8. The van der Waals surface area contributed by atoms with Gasteiger partial charge >= 0.3 is 5.97 Å². The fraction of sp³-hybridized carbons (Fsp3) is 0.538. The maximum Gasteiger partial charge on any atom is 0.308 e. The summed E-state index contributed by atoms with van der Waals surface area (Å²) in [5.41, 5.74) is 0.212. The van der Waals surface area contributed by atoms with Crippen molar-refractivity contribution in [1.82, 2.24) is 19.6 Å². The quantitative estimate of drug-likeness (QED) is 0.845. The molecule has 3 heterocycles. The summed E-state index contributed by atoms with van der Waals surface area (Å²) in [7, 11) is 0. The van der Waals surface area contributed by atoms with Gasteiger partial charge in [0.25, 0.3) is 11.3 Å². The normalized spacial score (nSPS) is 15.6. The number of nitrogens with one attached hydrogen (secondary N) is 1. The van der Waals surface area contributed by atoms with Crippen molar-refractivity contribution in [2.75, 3.05) is 18.0 Å². The van der Waals surface area contributed by atoms with Crippen LogP contribution in [-0.4, -0.2) is 43.7 Å². The summed E-state index contributed by atoms with van der Waals surface area (Å²) in [6, 6.07) is 0. The third kappa shape index (κ3) is 2.48. The third-order valence-electron chi connectivity index (χ3n) is 3.77. The number of piperidine rings is 1. The summed E-state index contributed by atoms with van der Waals surface area (Å²) in [5, 5.41) is 11.8. The Balaban J connectivity index is 2.06. The lowest BCUT2D eigenvalue weighted by Gasteiger charge is -2.25. The molecule has 2 aromatic heterocycles. The number of carbonyl (C=O) groups is 1. The van der Waals surface area contributed by atoms with Crippen molar-refractivity contribution in [2.24, 2.45) is 0 Å². The molecule has 0 aromatic carbocycles. The first-order chi connectivity index (χ1) is 10.1. The van der Waals surface area contributed by atoms with Crippen LogP contribution < -0.4 is 10.5 Å². The van der Waals surface area contributed by atoms with E-state index in [4.69, 9.17) is 5.11 Å². The Kier molecular flexibility index (Phi) is 3.36. The number of hydrogen-bond donors (Lipinski definition) is 2. The van der Waals surface area contributed by atoms with Gasteiger partial charge < -0.3 is 10.0 Å². The third-order valence-corrected chi connectivity index (χ3v) is 3.77. The van der Waals surface area contributed by atoms with E-state index in [2.05, 4.69) is 20.0 Å². The maximum atomic E-state index is 12.4. The summed E-state index contributed by atoms with van der Waals surface area (Å²) in [6.45, 7) is 3.43. The average Bonchev–Trinajstić information content (AvgIpc) is 2.88. The lowest BCUT2D eigenvalue weighted by atomic mass is 10.1. The van der Waals surface area contributed by atoms with Crippen molar-refractivity contribution >= 4 is 17.7 Å². The first-order valence-corrected chi connectivity index (χ1v) is 7.01. The molecule has 1 aliphatic heterocycles. The Bertz CT molecular complexity index is 742. The summed E-state index contributed by atoms with van der Waals surface area (Å²) < 4.78 is 1.23. The highest BCUT2D eigenvalue weighted by Gasteiger charge is 2.19. The number of aryl methyl sites for hydroxylation is 1. The lowest BCUT2D eigenvalue weighted by molar-refractivity contribution is -0.136. The fourth-order valence-electron chi connectivity index (χ4n) is 2.65. The maximum absolute atomic E-state index is 12.4. The molecule has 21 heavy (non-hydrogen) atoms. The van der Waals surface area contributed by atoms with E-state index in [-0.39, 0.29) is 17.8 Å². The number of rotatable bonds is 3. The van der Waals surface area contributed by atoms with E-state index in [1.165, 1.54) is 10.9 Å². The zero-order chi connectivity index (χ0) is 15.0. The Hall–Kier alpha value is -2.38. The highest BCUT2D eigenvalue weighted by atomic mass is 16.4. The number of aromatic amines is 1. The molecule has 112 valence electrons. The van der Waals surface area contributed by atoms with Gasteiger partial charge in [-0.3, -0.25) is 14.7 Å². The molecule has 0 bridgehead atoms. The molecule has 0 aliphatic carbocycles. The Morgan fingerprint density at radius 3 is 2.67 bits per heavy atom. The second-order valence-corrected chi connectivity index (χ2v) is 5.28. The van der Waals surface area contributed by atoms with E-state index in [1.54, 1.807) is 6.92 Å². The largest absolute Gasteiger partial charge is 0.481 e. The van der Waals surface area contributed by atoms with Crippen molar-refractivity contribution in [3.05, 3.63) is 21.6 Å². The Labute approximate surface area is 120 Å². The minimum atomic E-state index is -1.05. The molecule has 0 radical (unpaired) electrons.